The van der Waals surface area contributed by atoms with Crippen molar-refractivity contribution in [3.63, 3.8) is 0 Å². The Morgan fingerprint density at radius 1 is 0.522 bits per heavy atom. The van der Waals surface area contributed by atoms with Crippen LogP contribution in [0.15, 0.2) is 103 Å². The van der Waals surface area contributed by atoms with Crippen molar-refractivity contribution in [2.24, 2.45) is 0 Å². The third-order valence-corrected chi connectivity index (χ3v) is 10.9. The van der Waals surface area contributed by atoms with E-state index in [0.29, 0.717) is 11.8 Å². The lowest BCUT2D eigenvalue weighted by Crippen LogP contribution is -2.54. The molecule has 7 aromatic rings. The average molecular weight is 594 g/mol. The van der Waals surface area contributed by atoms with Crippen LogP contribution in [0.4, 0.5) is 17.1 Å². The van der Waals surface area contributed by atoms with E-state index in [1.54, 1.807) is 0 Å². The summed E-state index contributed by atoms with van der Waals surface area (Å²) in [5.74, 6) is 0.822. The van der Waals surface area contributed by atoms with Crippen LogP contribution in [-0.4, -0.2) is 6.71 Å². The first-order chi connectivity index (χ1) is 22.1. The van der Waals surface area contributed by atoms with E-state index in [1.807, 2.05) is 0 Å². The molecule has 0 saturated carbocycles. The summed E-state index contributed by atoms with van der Waals surface area (Å²) in [5, 5.41) is 8.37. The lowest BCUT2D eigenvalue weighted by Gasteiger charge is -2.37. The molecule has 2 heteroatoms. The van der Waals surface area contributed by atoms with Crippen LogP contribution in [0.2, 0.25) is 0 Å². The van der Waals surface area contributed by atoms with Gasteiger partial charge in [-0.1, -0.05) is 139 Å². The molecular formula is C44H40BN. The second kappa shape index (κ2) is 9.49. The highest BCUT2D eigenvalue weighted by Crippen LogP contribution is 2.50. The van der Waals surface area contributed by atoms with Crippen LogP contribution in [0.5, 0.6) is 0 Å². The van der Waals surface area contributed by atoms with Gasteiger partial charge in [-0.15, -0.1) is 0 Å². The number of anilines is 3. The molecule has 0 bridgehead atoms. The Morgan fingerprint density at radius 3 is 1.80 bits per heavy atom. The van der Waals surface area contributed by atoms with Gasteiger partial charge < -0.3 is 4.90 Å². The zero-order valence-electron chi connectivity index (χ0n) is 28.0. The SMILES string of the molecule is CC(C)c1cc(N2c3ccccc3B3c4ccccc4-c4cccc2c43)c2ccc3c(C(C)C)cc(C(C)(C)C)c4ccc1c2c34. The second-order valence-corrected chi connectivity index (χ2v) is 15.3. The molecule has 0 radical (unpaired) electrons. The minimum atomic E-state index is 0.0378. The molecule has 1 nitrogen and oxygen atoms in total. The Morgan fingerprint density at radius 2 is 1.09 bits per heavy atom. The summed E-state index contributed by atoms with van der Waals surface area (Å²) in [5.41, 5.74) is 15.2. The molecule has 0 spiro atoms. The van der Waals surface area contributed by atoms with Gasteiger partial charge in [-0.3, -0.25) is 0 Å². The summed E-state index contributed by atoms with van der Waals surface area (Å²) >= 11 is 0. The quantitative estimate of drug-likeness (QED) is 0.146. The van der Waals surface area contributed by atoms with Crippen LogP contribution in [0.25, 0.3) is 43.4 Å². The third-order valence-electron chi connectivity index (χ3n) is 10.9. The molecule has 0 saturated heterocycles. The van der Waals surface area contributed by atoms with E-state index in [2.05, 4.69) is 156 Å². The van der Waals surface area contributed by atoms with Crippen molar-refractivity contribution in [3.8, 4) is 11.1 Å². The van der Waals surface area contributed by atoms with E-state index in [0.717, 1.165) is 0 Å². The lowest BCUT2D eigenvalue weighted by molar-refractivity contribution is 0.594. The van der Waals surface area contributed by atoms with Gasteiger partial charge in [0.1, 0.15) is 0 Å². The van der Waals surface area contributed by atoms with Crippen molar-refractivity contribution < 1.29 is 0 Å². The van der Waals surface area contributed by atoms with Crippen molar-refractivity contribution in [1.29, 1.82) is 0 Å². The molecule has 0 atom stereocenters. The first kappa shape index (κ1) is 27.7. The molecule has 2 heterocycles. The molecule has 9 rings (SSSR count). The highest BCUT2D eigenvalue weighted by molar-refractivity contribution is 7.01. The Balaban J connectivity index is 1.44. The number of nitrogens with zero attached hydrogens (tertiary/aromatic N) is 1. The van der Waals surface area contributed by atoms with Gasteiger partial charge >= 0.3 is 0 Å². The molecule has 2 aliphatic heterocycles. The zero-order chi connectivity index (χ0) is 31.6. The zero-order valence-corrected chi connectivity index (χ0v) is 28.0. The lowest BCUT2D eigenvalue weighted by atomic mass is 9.37. The standard InChI is InChI=1S/C44H40BN/c1-25(2)33-23-35(44(5,6)7)31-21-19-29-34(26(3)4)24-40(32-22-20-28(33)41(31)42(29)32)46-38-17-11-10-16-37(38)45-36-15-9-8-13-27(36)30-14-12-18-39(46)43(30)45/h8-26H,1-7H3. The third kappa shape index (κ3) is 3.59. The van der Waals surface area contributed by atoms with Crippen LogP contribution in [-0.2, 0) is 5.41 Å². The Hall–Kier alpha value is -4.56. The smallest absolute Gasteiger partial charge is 0.248 e. The van der Waals surface area contributed by atoms with Gasteiger partial charge in [0.15, 0.2) is 0 Å². The van der Waals surface area contributed by atoms with Gasteiger partial charge in [0.05, 0.1) is 5.69 Å². The largest absolute Gasteiger partial charge is 0.311 e. The van der Waals surface area contributed by atoms with E-state index >= 15 is 0 Å². The van der Waals surface area contributed by atoms with Crippen LogP contribution >= 0.6 is 0 Å². The molecule has 0 amide bonds. The van der Waals surface area contributed by atoms with Gasteiger partial charge in [-0.05, 0) is 101 Å². The summed E-state index contributed by atoms with van der Waals surface area (Å²) in [6.45, 7) is 16.7. The summed E-state index contributed by atoms with van der Waals surface area (Å²) < 4.78 is 0. The Labute approximate surface area is 273 Å². The Kier molecular flexibility index (Phi) is 5.72. The van der Waals surface area contributed by atoms with E-state index in [1.165, 1.54) is 93.6 Å². The van der Waals surface area contributed by atoms with Crippen LogP contribution < -0.4 is 21.3 Å². The van der Waals surface area contributed by atoms with E-state index in [4.69, 9.17) is 0 Å². The highest BCUT2D eigenvalue weighted by Gasteiger charge is 2.42. The van der Waals surface area contributed by atoms with Crippen LogP contribution in [0.3, 0.4) is 0 Å². The molecule has 224 valence electrons. The topological polar surface area (TPSA) is 3.24 Å². The molecule has 2 aliphatic rings. The highest BCUT2D eigenvalue weighted by atomic mass is 15.2. The first-order valence-electron chi connectivity index (χ1n) is 17.0. The van der Waals surface area contributed by atoms with Crippen LogP contribution in [0.1, 0.15) is 77.0 Å². The van der Waals surface area contributed by atoms with Crippen molar-refractivity contribution in [1.82, 2.24) is 0 Å². The minimum Gasteiger partial charge on any atom is -0.311 e. The average Bonchev–Trinajstić information content (AvgIpc) is 3.38. The molecule has 7 aromatic carbocycles. The molecule has 46 heavy (non-hydrogen) atoms. The van der Waals surface area contributed by atoms with Gasteiger partial charge in [-0.2, -0.15) is 0 Å². The number of rotatable bonds is 3. The molecule has 0 aromatic heterocycles. The Bertz CT molecular complexity index is 2370. The van der Waals surface area contributed by atoms with Crippen molar-refractivity contribution in [2.75, 3.05) is 4.90 Å². The normalized spacial score (nSPS) is 13.8. The molecule has 0 N–H and O–H groups in total. The van der Waals surface area contributed by atoms with Crippen molar-refractivity contribution >= 4 is 72.5 Å². The number of benzene rings is 7. The van der Waals surface area contributed by atoms with Gasteiger partial charge in [-0.25, -0.2) is 0 Å². The molecule has 0 unspecified atom stereocenters. The molecular weight excluding hydrogens is 553 g/mol. The van der Waals surface area contributed by atoms with E-state index in [-0.39, 0.29) is 12.1 Å². The van der Waals surface area contributed by atoms with E-state index < -0.39 is 0 Å². The maximum Gasteiger partial charge on any atom is 0.248 e. The van der Waals surface area contributed by atoms with Gasteiger partial charge in [0, 0.05) is 16.8 Å². The van der Waals surface area contributed by atoms with Crippen molar-refractivity contribution in [3.05, 3.63) is 120 Å². The summed E-state index contributed by atoms with van der Waals surface area (Å²) in [6, 6.07) is 39.8. The number of hydrogen-bond donors (Lipinski definition) is 0. The fraction of sp³-hybridized carbons (Fsp3) is 0.227. The predicted molar refractivity (Wildman–Crippen MR) is 202 cm³/mol. The van der Waals surface area contributed by atoms with Crippen LogP contribution in [0, 0.1) is 0 Å². The second-order valence-electron chi connectivity index (χ2n) is 15.3. The fourth-order valence-corrected chi connectivity index (χ4v) is 8.87. The number of para-hydroxylation sites is 1. The fourth-order valence-electron chi connectivity index (χ4n) is 8.87. The number of fused-ring (bicyclic) bond motifs is 5. The summed E-state index contributed by atoms with van der Waals surface area (Å²) in [4.78, 5) is 2.60. The maximum atomic E-state index is 2.60. The first-order valence-corrected chi connectivity index (χ1v) is 17.0. The monoisotopic (exact) mass is 593 g/mol. The molecule has 0 aliphatic carbocycles. The molecule has 0 fully saturated rings. The van der Waals surface area contributed by atoms with Gasteiger partial charge in [0.25, 0.3) is 0 Å². The van der Waals surface area contributed by atoms with Gasteiger partial charge in [0.2, 0.25) is 6.71 Å². The minimum absolute atomic E-state index is 0.0378. The number of hydrogen-bond acceptors (Lipinski definition) is 1. The van der Waals surface area contributed by atoms with Crippen molar-refractivity contribution in [2.45, 2.75) is 65.7 Å². The summed E-state index contributed by atoms with van der Waals surface area (Å²) in [7, 11) is 0. The summed E-state index contributed by atoms with van der Waals surface area (Å²) in [6.07, 6.45) is 0. The maximum absolute atomic E-state index is 2.60. The van der Waals surface area contributed by atoms with E-state index in [9.17, 15) is 0 Å². The predicted octanol–water partition coefficient (Wildman–Crippen LogP) is 10.4.